The molecular formula is C20H30N4O2S. The summed E-state index contributed by atoms with van der Waals surface area (Å²) in [5.41, 5.74) is 0.904. The van der Waals surface area contributed by atoms with Crippen molar-refractivity contribution in [2.24, 2.45) is 11.8 Å². The number of piperidine rings is 1. The van der Waals surface area contributed by atoms with Crippen LogP contribution in [-0.2, 0) is 11.2 Å². The first kappa shape index (κ1) is 20.0. The van der Waals surface area contributed by atoms with E-state index in [4.69, 9.17) is 4.52 Å². The average Bonchev–Trinajstić information content (AvgIpc) is 3.28. The molecule has 2 atom stereocenters. The Bertz CT molecular complexity index is 731. The molecule has 0 aromatic carbocycles. The first-order valence-electron chi connectivity index (χ1n) is 9.70. The van der Waals surface area contributed by atoms with Crippen LogP contribution in [-0.4, -0.2) is 46.1 Å². The number of thiophene rings is 1. The van der Waals surface area contributed by atoms with Crippen LogP contribution < -0.4 is 5.32 Å². The third kappa shape index (κ3) is 5.39. The lowest BCUT2D eigenvalue weighted by Gasteiger charge is -2.45. The van der Waals surface area contributed by atoms with Crippen LogP contribution in [0.25, 0.3) is 11.4 Å². The molecule has 2 unspecified atom stereocenters. The van der Waals surface area contributed by atoms with Gasteiger partial charge in [0.05, 0.1) is 0 Å². The molecule has 0 bridgehead atoms. The van der Waals surface area contributed by atoms with Crippen LogP contribution in [0, 0.1) is 11.8 Å². The van der Waals surface area contributed by atoms with Crippen molar-refractivity contribution in [2.45, 2.75) is 52.5 Å². The Morgan fingerprint density at radius 1 is 1.37 bits per heavy atom. The van der Waals surface area contributed by atoms with Crippen molar-refractivity contribution in [1.82, 2.24) is 20.4 Å². The minimum Gasteiger partial charge on any atom is -0.354 e. The van der Waals surface area contributed by atoms with Crippen molar-refractivity contribution >= 4 is 17.2 Å². The van der Waals surface area contributed by atoms with Gasteiger partial charge in [-0.15, -0.1) is 0 Å². The summed E-state index contributed by atoms with van der Waals surface area (Å²) < 4.78 is 5.26. The standard InChI is InChI=1S/C20H30N4O2S/c1-14-9-15(2)11-24(10-14)20(3,4)13-21-17(25)5-6-18-22-19(23-26-18)16-7-8-27-12-16/h7-8,12,14-15H,5-6,9-11,13H2,1-4H3,(H,21,25). The molecule has 2 aromatic heterocycles. The zero-order chi connectivity index (χ0) is 19.4. The fourth-order valence-electron chi connectivity index (χ4n) is 3.76. The van der Waals surface area contributed by atoms with Gasteiger partial charge < -0.3 is 9.84 Å². The third-order valence-corrected chi connectivity index (χ3v) is 5.94. The molecule has 3 heterocycles. The molecular weight excluding hydrogens is 360 g/mol. The predicted octanol–water partition coefficient (Wildman–Crippen LogP) is 3.60. The van der Waals surface area contributed by atoms with Gasteiger partial charge in [-0.1, -0.05) is 19.0 Å². The molecule has 6 nitrogen and oxygen atoms in total. The van der Waals surface area contributed by atoms with Gasteiger partial charge in [0, 0.05) is 49.0 Å². The second kappa shape index (κ2) is 8.52. The fourth-order valence-corrected chi connectivity index (χ4v) is 4.39. The van der Waals surface area contributed by atoms with E-state index in [1.54, 1.807) is 11.3 Å². The van der Waals surface area contributed by atoms with Gasteiger partial charge in [0.2, 0.25) is 17.6 Å². The monoisotopic (exact) mass is 390 g/mol. The minimum atomic E-state index is -0.0464. The van der Waals surface area contributed by atoms with Crippen LogP contribution in [0.4, 0.5) is 0 Å². The molecule has 1 saturated heterocycles. The number of rotatable bonds is 7. The summed E-state index contributed by atoms with van der Waals surface area (Å²) in [6, 6.07) is 1.95. The van der Waals surface area contributed by atoms with E-state index < -0.39 is 0 Å². The Hall–Kier alpha value is -1.73. The Labute approximate surface area is 165 Å². The summed E-state index contributed by atoms with van der Waals surface area (Å²) in [5, 5.41) is 11.0. The van der Waals surface area contributed by atoms with Crippen LogP contribution >= 0.6 is 11.3 Å². The lowest BCUT2D eigenvalue weighted by Crippen LogP contribution is -2.56. The maximum Gasteiger partial charge on any atom is 0.227 e. The van der Waals surface area contributed by atoms with Gasteiger partial charge in [0.25, 0.3) is 0 Å². The number of hydrogen-bond donors (Lipinski definition) is 1. The normalized spacial score (nSPS) is 21.3. The van der Waals surface area contributed by atoms with E-state index in [1.165, 1.54) is 6.42 Å². The van der Waals surface area contributed by atoms with Crippen molar-refractivity contribution < 1.29 is 9.32 Å². The molecule has 1 amide bonds. The lowest BCUT2D eigenvalue weighted by molar-refractivity contribution is -0.121. The van der Waals surface area contributed by atoms with Gasteiger partial charge in [-0.2, -0.15) is 16.3 Å². The Balaban J connectivity index is 1.45. The van der Waals surface area contributed by atoms with Crippen LogP contribution in [0.5, 0.6) is 0 Å². The van der Waals surface area contributed by atoms with Crippen molar-refractivity contribution in [3.63, 3.8) is 0 Å². The molecule has 2 aromatic rings. The maximum absolute atomic E-state index is 12.3. The highest BCUT2D eigenvalue weighted by Crippen LogP contribution is 2.27. The molecule has 0 aliphatic carbocycles. The summed E-state index contributed by atoms with van der Waals surface area (Å²) in [6.07, 6.45) is 2.10. The Morgan fingerprint density at radius 2 is 2.11 bits per heavy atom. The van der Waals surface area contributed by atoms with Gasteiger partial charge >= 0.3 is 0 Å². The Kier molecular flexibility index (Phi) is 6.32. The first-order chi connectivity index (χ1) is 12.8. The molecule has 148 valence electrons. The number of amides is 1. The number of aryl methyl sites for hydroxylation is 1. The fraction of sp³-hybridized carbons (Fsp3) is 0.650. The molecule has 1 aliphatic heterocycles. The summed E-state index contributed by atoms with van der Waals surface area (Å²) in [7, 11) is 0. The van der Waals surface area contributed by atoms with Crippen LogP contribution in [0.15, 0.2) is 21.3 Å². The lowest BCUT2D eigenvalue weighted by atomic mass is 9.88. The van der Waals surface area contributed by atoms with Gasteiger partial charge in [0.1, 0.15) is 0 Å². The van der Waals surface area contributed by atoms with E-state index in [1.807, 2.05) is 16.8 Å². The van der Waals surface area contributed by atoms with Gasteiger partial charge in [-0.3, -0.25) is 9.69 Å². The number of nitrogens with one attached hydrogen (secondary N) is 1. The number of nitrogens with zero attached hydrogens (tertiary/aromatic N) is 3. The highest BCUT2D eigenvalue weighted by atomic mass is 32.1. The number of hydrogen-bond acceptors (Lipinski definition) is 6. The average molecular weight is 391 g/mol. The minimum absolute atomic E-state index is 0.0245. The number of aromatic nitrogens is 2. The van der Waals surface area contributed by atoms with Gasteiger partial charge in [-0.05, 0) is 43.6 Å². The first-order valence-corrected chi connectivity index (χ1v) is 10.6. The van der Waals surface area contributed by atoms with E-state index in [0.29, 0.717) is 42.9 Å². The van der Waals surface area contributed by atoms with E-state index in [0.717, 1.165) is 18.7 Å². The highest BCUT2D eigenvalue weighted by molar-refractivity contribution is 7.08. The number of carbonyl (C=O) groups is 1. The highest BCUT2D eigenvalue weighted by Gasteiger charge is 2.32. The SMILES string of the molecule is CC1CC(C)CN(C(C)(C)CNC(=O)CCc2nc(-c3ccsc3)no2)C1. The molecule has 0 saturated carbocycles. The molecule has 7 heteroatoms. The van der Waals surface area contributed by atoms with Crippen molar-refractivity contribution in [2.75, 3.05) is 19.6 Å². The molecule has 1 N–H and O–H groups in total. The van der Waals surface area contributed by atoms with E-state index in [-0.39, 0.29) is 11.4 Å². The van der Waals surface area contributed by atoms with Crippen LogP contribution in [0.1, 0.15) is 46.4 Å². The molecule has 0 radical (unpaired) electrons. The summed E-state index contributed by atoms with van der Waals surface area (Å²) in [5.74, 6) is 2.53. The van der Waals surface area contributed by atoms with Crippen LogP contribution in [0.3, 0.4) is 0 Å². The maximum atomic E-state index is 12.3. The second-order valence-electron chi connectivity index (χ2n) is 8.46. The van der Waals surface area contributed by atoms with Crippen molar-refractivity contribution in [3.8, 4) is 11.4 Å². The van der Waals surface area contributed by atoms with E-state index in [9.17, 15) is 4.79 Å². The van der Waals surface area contributed by atoms with Crippen molar-refractivity contribution in [1.29, 1.82) is 0 Å². The zero-order valence-electron chi connectivity index (χ0n) is 16.7. The summed E-state index contributed by atoms with van der Waals surface area (Å²) in [4.78, 5) is 19.2. The number of carbonyl (C=O) groups excluding carboxylic acids is 1. The van der Waals surface area contributed by atoms with E-state index in [2.05, 4.69) is 48.1 Å². The largest absolute Gasteiger partial charge is 0.354 e. The quantitative estimate of drug-likeness (QED) is 0.782. The molecule has 0 spiro atoms. The summed E-state index contributed by atoms with van der Waals surface area (Å²) in [6.45, 7) is 11.9. The molecule has 1 aliphatic rings. The summed E-state index contributed by atoms with van der Waals surface area (Å²) >= 11 is 1.59. The third-order valence-electron chi connectivity index (χ3n) is 5.26. The van der Waals surface area contributed by atoms with E-state index >= 15 is 0 Å². The smallest absolute Gasteiger partial charge is 0.227 e. The molecule has 27 heavy (non-hydrogen) atoms. The zero-order valence-corrected chi connectivity index (χ0v) is 17.5. The number of likely N-dealkylation sites (tertiary alicyclic amines) is 1. The van der Waals surface area contributed by atoms with Crippen molar-refractivity contribution in [3.05, 3.63) is 22.7 Å². The van der Waals surface area contributed by atoms with Gasteiger partial charge in [-0.25, -0.2) is 0 Å². The Morgan fingerprint density at radius 3 is 2.78 bits per heavy atom. The second-order valence-corrected chi connectivity index (χ2v) is 9.24. The van der Waals surface area contributed by atoms with Crippen LogP contribution in [0.2, 0.25) is 0 Å². The molecule has 1 fully saturated rings. The molecule has 3 rings (SSSR count). The van der Waals surface area contributed by atoms with Gasteiger partial charge in [0.15, 0.2) is 0 Å². The predicted molar refractivity (Wildman–Crippen MR) is 108 cm³/mol. The topological polar surface area (TPSA) is 71.3 Å².